The van der Waals surface area contributed by atoms with Gasteiger partial charge in [-0.05, 0) is 42.5 Å². The molecule has 0 saturated carbocycles. The molecule has 0 saturated heterocycles. The van der Waals surface area contributed by atoms with Crippen molar-refractivity contribution in [3.8, 4) is 11.5 Å². The summed E-state index contributed by atoms with van der Waals surface area (Å²) in [6.45, 7) is 0. The number of hydrogen-bond donors (Lipinski definition) is 0. The smallest absolute Gasteiger partial charge is 0.261 e. The van der Waals surface area contributed by atoms with Gasteiger partial charge in [0.05, 0.1) is 9.92 Å². The fraction of sp³-hybridized carbons (Fsp3) is 0. The van der Waals surface area contributed by atoms with Crippen LogP contribution in [0, 0.1) is 0 Å². The Morgan fingerprint density at radius 3 is 2.26 bits per heavy atom. The molecular formula is C12H7BrCl2O3S. The summed E-state index contributed by atoms with van der Waals surface area (Å²) in [7, 11) is 1.50. The van der Waals surface area contributed by atoms with Crippen LogP contribution in [0.25, 0.3) is 0 Å². The Kier molecular flexibility index (Phi) is 4.40. The second kappa shape index (κ2) is 5.71. The van der Waals surface area contributed by atoms with Crippen molar-refractivity contribution in [1.29, 1.82) is 0 Å². The number of rotatable bonds is 3. The minimum atomic E-state index is -3.72. The quantitative estimate of drug-likeness (QED) is 0.715. The predicted octanol–water partition coefficient (Wildman–Crippen LogP) is 4.82. The first-order chi connectivity index (χ1) is 8.86. The molecule has 3 nitrogen and oxygen atoms in total. The van der Waals surface area contributed by atoms with Crippen molar-refractivity contribution in [2.75, 3.05) is 0 Å². The van der Waals surface area contributed by atoms with Gasteiger partial charge in [0.15, 0.2) is 0 Å². The molecule has 0 spiro atoms. The average molecular weight is 382 g/mol. The van der Waals surface area contributed by atoms with Crippen molar-refractivity contribution < 1.29 is 13.2 Å². The molecule has 0 radical (unpaired) electrons. The molecule has 100 valence electrons. The number of hydrogen-bond acceptors (Lipinski definition) is 3. The molecule has 2 rings (SSSR count). The molecule has 0 unspecified atom stereocenters. The largest absolute Gasteiger partial charge is 0.456 e. The van der Waals surface area contributed by atoms with Crippen LogP contribution in [-0.2, 0) is 9.05 Å². The molecule has 2 aromatic rings. The van der Waals surface area contributed by atoms with E-state index in [1.165, 1.54) is 24.3 Å². The molecule has 0 heterocycles. The molecule has 0 aliphatic carbocycles. The molecule has 0 atom stereocenters. The van der Waals surface area contributed by atoms with Crippen LogP contribution in [0.3, 0.4) is 0 Å². The Morgan fingerprint density at radius 1 is 1.05 bits per heavy atom. The third-order valence-corrected chi connectivity index (χ3v) is 4.40. The van der Waals surface area contributed by atoms with E-state index in [0.717, 1.165) is 4.47 Å². The summed E-state index contributed by atoms with van der Waals surface area (Å²) >= 11 is 9.30. The van der Waals surface area contributed by atoms with Crippen LogP contribution in [0.5, 0.6) is 11.5 Å². The zero-order valence-electron chi connectivity index (χ0n) is 9.31. The van der Waals surface area contributed by atoms with Gasteiger partial charge >= 0.3 is 0 Å². The Balaban J connectivity index is 2.27. The van der Waals surface area contributed by atoms with Crippen molar-refractivity contribution in [1.82, 2.24) is 0 Å². The van der Waals surface area contributed by atoms with Gasteiger partial charge in [0.2, 0.25) is 0 Å². The lowest BCUT2D eigenvalue weighted by Crippen LogP contribution is -1.91. The normalized spacial score (nSPS) is 11.3. The van der Waals surface area contributed by atoms with Gasteiger partial charge in [-0.3, -0.25) is 0 Å². The monoisotopic (exact) mass is 380 g/mol. The topological polar surface area (TPSA) is 43.4 Å². The SMILES string of the molecule is O=S(=O)(Cl)c1ccc(Oc2cc(Br)ccc2Cl)cc1. The second-order valence-electron chi connectivity index (χ2n) is 3.59. The van der Waals surface area contributed by atoms with Crippen LogP contribution < -0.4 is 4.74 Å². The van der Waals surface area contributed by atoms with E-state index in [1.807, 2.05) is 0 Å². The fourth-order valence-corrected chi connectivity index (χ4v) is 2.62. The van der Waals surface area contributed by atoms with E-state index in [-0.39, 0.29) is 4.90 Å². The van der Waals surface area contributed by atoms with Gasteiger partial charge in [-0.1, -0.05) is 27.5 Å². The standard InChI is InChI=1S/C12H7BrCl2O3S/c13-8-1-6-11(14)12(7-8)18-9-2-4-10(5-3-9)19(15,16)17/h1-7H. The Morgan fingerprint density at radius 2 is 1.68 bits per heavy atom. The van der Waals surface area contributed by atoms with Crippen LogP contribution >= 0.6 is 38.2 Å². The van der Waals surface area contributed by atoms with E-state index in [4.69, 9.17) is 27.0 Å². The average Bonchev–Trinajstić information content (AvgIpc) is 2.33. The van der Waals surface area contributed by atoms with Crippen LogP contribution in [0.1, 0.15) is 0 Å². The van der Waals surface area contributed by atoms with Crippen molar-refractivity contribution in [2.24, 2.45) is 0 Å². The maximum atomic E-state index is 11.1. The van der Waals surface area contributed by atoms with Gasteiger partial charge in [0, 0.05) is 15.2 Å². The minimum Gasteiger partial charge on any atom is -0.456 e. The molecule has 0 N–H and O–H groups in total. The van der Waals surface area contributed by atoms with E-state index >= 15 is 0 Å². The van der Waals surface area contributed by atoms with E-state index in [1.54, 1.807) is 18.2 Å². The zero-order chi connectivity index (χ0) is 14.0. The summed E-state index contributed by atoms with van der Waals surface area (Å²) in [4.78, 5) is 0.0156. The lowest BCUT2D eigenvalue weighted by Gasteiger charge is -2.08. The third-order valence-electron chi connectivity index (χ3n) is 2.23. The molecule has 19 heavy (non-hydrogen) atoms. The van der Waals surface area contributed by atoms with Crippen molar-refractivity contribution in [3.05, 3.63) is 52.0 Å². The van der Waals surface area contributed by atoms with E-state index in [0.29, 0.717) is 16.5 Å². The van der Waals surface area contributed by atoms with Crippen LogP contribution in [0.2, 0.25) is 5.02 Å². The van der Waals surface area contributed by atoms with Gasteiger partial charge in [0.1, 0.15) is 11.5 Å². The summed E-state index contributed by atoms with van der Waals surface area (Å²) in [6, 6.07) is 10.9. The summed E-state index contributed by atoms with van der Waals surface area (Å²) in [6.07, 6.45) is 0. The first kappa shape index (κ1) is 14.7. The molecule has 0 aliphatic heterocycles. The van der Waals surface area contributed by atoms with E-state index < -0.39 is 9.05 Å². The summed E-state index contributed by atoms with van der Waals surface area (Å²) < 4.78 is 28.6. The number of ether oxygens (including phenoxy) is 1. The highest BCUT2D eigenvalue weighted by atomic mass is 79.9. The first-order valence-corrected chi connectivity index (χ1v) is 8.52. The van der Waals surface area contributed by atoms with Crippen molar-refractivity contribution in [2.45, 2.75) is 4.90 Å². The summed E-state index contributed by atoms with van der Waals surface area (Å²) in [5.74, 6) is 0.932. The molecule has 0 amide bonds. The summed E-state index contributed by atoms with van der Waals surface area (Å²) in [5.41, 5.74) is 0. The van der Waals surface area contributed by atoms with Gasteiger partial charge in [-0.25, -0.2) is 8.42 Å². The molecule has 0 aromatic heterocycles. The maximum absolute atomic E-state index is 11.1. The predicted molar refractivity (Wildman–Crippen MR) is 78.7 cm³/mol. The highest BCUT2D eigenvalue weighted by Crippen LogP contribution is 2.32. The van der Waals surface area contributed by atoms with Gasteiger partial charge in [-0.2, -0.15) is 0 Å². The summed E-state index contributed by atoms with van der Waals surface area (Å²) in [5, 5.41) is 0.456. The zero-order valence-corrected chi connectivity index (χ0v) is 13.2. The molecule has 7 heteroatoms. The lowest BCUT2D eigenvalue weighted by molar-refractivity contribution is 0.482. The minimum absolute atomic E-state index is 0.0156. The highest BCUT2D eigenvalue weighted by Gasteiger charge is 2.10. The first-order valence-electron chi connectivity index (χ1n) is 5.04. The van der Waals surface area contributed by atoms with Gasteiger partial charge in [-0.15, -0.1) is 0 Å². The van der Waals surface area contributed by atoms with Crippen molar-refractivity contribution >= 4 is 47.3 Å². The molecule has 0 bridgehead atoms. The lowest BCUT2D eigenvalue weighted by atomic mass is 10.3. The Labute approximate surface area is 128 Å². The highest BCUT2D eigenvalue weighted by molar-refractivity contribution is 9.10. The molecule has 2 aromatic carbocycles. The molecular weight excluding hydrogens is 375 g/mol. The number of halogens is 3. The van der Waals surface area contributed by atoms with E-state index in [2.05, 4.69) is 15.9 Å². The van der Waals surface area contributed by atoms with Gasteiger partial charge < -0.3 is 4.74 Å². The van der Waals surface area contributed by atoms with Crippen LogP contribution in [0.4, 0.5) is 0 Å². The Bertz CT molecular complexity index is 699. The van der Waals surface area contributed by atoms with E-state index in [9.17, 15) is 8.42 Å². The third kappa shape index (κ3) is 3.86. The van der Waals surface area contributed by atoms with Crippen molar-refractivity contribution in [3.63, 3.8) is 0 Å². The Hall–Kier alpha value is -0.750. The molecule has 0 fully saturated rings. The molecule has 0 aliphatic rings. The number of benzene rings is 2. The maximum Gasteiger partial charge on any atom is 0.261 e. The second-order valence-corrected chi connectivity index (χ2v) is 7.47. The van der Waals surface area contributed by atoms with Crippen LogP contribution in [0.15, 0.2) is 51.8 Å². The fourth-order valence-electron chi connectivity index (χ4n) is 1.35. The van der Waals surface area contributed by atoms with Crippen LogP contribution in [-0.4, -0.2) is 8.42 Å². The van der Waals surface area contributed by atoms with Gasteiger partial charge in [0.25, 0.3) is 9.05 Å².